The number of pyridine rings is 1. The summed E-state index contributed by atoms with van der Waals surface area (Å²) in [6.45, 7) is 2.99. The number of rotatable bonds is 4. The Bertz CT molecular complexity index is 1190. The van der Waals surface area contributed by atoms with E-state index in [1.807, 2.05) is 0 Å². The van der Waals surface area contributed by atoms with Gasteiger partial charge in [-0.3, -0.25) is 9.79 Å². The third-order valence-electron chi connectivity index (χ3n) is 5.23. The lowest BCUT2D eigenvalue weighted by atomic mass is 9.89. The molecule has 1 amide bonds. The first-order valence-electron chi connectivity index (χ1n) is 10.8. The highest BCUT2D eigenvalue weighted by Gasteiger charge is 2.59. The molecule has 3 N–H and O–H groups in total. The van der Waals surface area contributed by atoms with Crippen LogP contribution in [-0.2, 0) is 10.3 Å². The summed E-state index contributed by atoms with van der Waals surface area (Å²) in [4.78, 5) is 20.6. The Morgan fingerprint density at radius 1 is 1.34 bits per heavy atom. The summed E-state index contributed by atoms with van der Waals surface area (Å²) in [5.74, 6) is -2.40. The molecule has 7 nitrogen and oxygen atoms in total. The molecule has 32 heavy (non-hydrogen) atoms. The summed E-state index contributed by atoms with van der Waals surface area (Å²) < 4.78 is 85.9. The van der Waals surface area contributed by atoms with Crippen molar-refractivity contribution >= 4 is 17.4 Å². The second-order valence-corrected chi connectivity index (χ2v) is 7.68. The number of ether oxygens (including phenoxy) is 2. The van der Waals surface area contributed by atoms with Crippen LogP contribution in [0.5, 0.6) is 5.75 Å². The van der Waals surface area contributed by atoms with Crippen LogP contribution >= 0.6 is 0 Å². The molecule has 0 unspecified atom stereocenters. The van der Waals surface area contributed by atoms with Gasteiger partial charge in [-0.1, -0.05) is 0 Å². The number of carbonyl (C=O) groups is 1. The minimum Gasteiger partial charge on any atom is -0.495 e. The van der Waals surface area contributed by atoms with Gasteiger partial charge in [-0.15, -0.1) is 0 Å². The standard InChI is InChI=1S/C21H22F4N4O3/c1-11-7-13(31-4)9-27-16(11)17(30)28-12-5-6-15(22)14(8-12)19(2)10-32-20(3,18(26)29-19)21(23,24)25/h5-9H,10H2,1-4H3,(H2,26,29)(H,28,30)/t19-,20+/m0/s1/i4D3. The number of alkyl halides is 3. The number of halogens is 4. The van der Waals surface area contributed by atoms with Gasteiger partial charge < -0.3 is 20.5 Å². The minimum atomic E-state index is -4.83. The smallest absolute Gasteiger partial charge is 0.424 e. The van der Waals surface area contributed by atoms with Gasteiger partial charge >= 0.3 is 6.18 Å². The molecular formula is C21H22F4N4O3. The van der Waals surface area contributed by atoms with Crippen LogP contribution in [0.3, 0.4) is 0 Å². The average molecular weight is 457 g/mol. The summed E-state index contributed by atoms with van der Waals surface area (Å²) in [6, 6.07) is 4.80. The molecule has 2 atom stereocenters. The van der Waals surface area contributed by atoms with Gasteiger partial charge in [-0.05, 0) is 50.6 Å². The zero-order chi connectivity index (χ0) is 26.4. The van der Waals surface area contributed by atoms with E-state index in [0.29, 0.717) is 5.56 Å². The maximum Gasteiger partial charge on any atom is 0.424 e. The molecule has 3 rings (SSSR count). The number of aryl methyl sites for hydroxylation is 1. The van der Waals surface area contributed by atoms with E-state index in [1.54, 1.807) is 0 Å². The number of amidine groups is 1. The second kappa shape index (κ2) is 8.05. The van der Waals surface area contributed by atoms with Crippen molar-refractivity contribution in [3.05, 3.63) is 53.1 Å². The van der Waals surface area contributed by atoms with Gasteiger partial charge in [0.2, 0.25) is 5.60 Å². The maximum absolute atomic E-state index is 14.7. The SMILES string of the molecule is [2H]C([2H])([2H])Oc1cnc(C(=O)Nc2ccc(F)c([C@]3(C)CO[C@@](C)(C(F)(F)F)C(N)=N3)c2)c(C)c1. The number of aliphatic imine (C=N–C) groups is 1. The van der Waals surface area contributed by atoms with Crippen molar-refractivity contribution in [3.63, 3.8) is 0 Å². The number of benzene rings is 1. The molecule has 172 valence electrons. The van der Waals surface area contributed by atoms with E-state index in [0.717, 1.165) is 19.2 Å². The summed E-state index contributed by atoms with van der Waals surface area (Å²) >= 11 is 0. The van der Waals surface area contributed by atoms with E-state index in [9.17, 15) is 22.4 Å². The molecule has 0 saturated carbocycles. The third kappa shape index (κ3) is 4.12. The number of aromatic nitrogens is 1. The van der Waals surface area contributed by atoms with Gasteiger partial charge in [0.15, 0.2) is 0 Å². The van der Waals surface area contributed by atoms with Crippen LogP contribution in [0.4, 0.5) is 23.2 Å². The Morgan fingerprint density at radius 2 is 2.06 bits per heavy atom. The highest BCUT2D eigenvalue weighted by Crippen LogP contribution is 2.41. The molecule has 0 spiro atoms. The molecule has 1 aromatic carbocycles. The molecule has 1 aliphatic heterocycles. The number of nitrogens with zero attached hydrogens (tertiary/aromatic N) is 2. The number of hydrogen-bond donors (Lipinski definition) is 2. The van der Waals surface area contributed by atoms with Crippen LogP contribution in [0.1, 0.15) is 39.6 Å². The number of nitrogens with two attached hydrogens (primary N) is 1. The molecule has 0 fully saturated rings. The quantitative estimate of drug-likeness (QED) is 0.682. The largest absolute Gasteiger partial charge is 0.495 e. The molecular weight excluding hydrogens is 432 g/mol. The van der Waals surface area contributed by atoms with Crippen LogP contribution in [0.2, 0.25) is 0 Å². The van der Waals surface area contributed by atoms with Crippen LogP contribution in [0, 0.1) is 12.7 Å². The van der Waals surface area contributed by atoms with Crippen molar-refractivity contribution in [1.82, 2.24) is 4.98 Å². The predicted octanol–water partition coefficient (Wildman–Crippen LogP) is 3.71. The third-order valence-corrected chi connectivity index (χ3v) is 5.23. The van der Waals surface area contributed by atoms with Crippen LogP contribution in [-0.4, -0.2) is 42.1 Å². The van der Waals surface area contributed by atoms with Crippen molar-refractivity contribution in [2.24, 2.45) is 10.7 Å². The van der Waals surface area contributed by atoms with E-state index < -0.39 is 48.5 Å². The number of hydrogen-bond acceptors (Lipinski definition) is 6. The van der Waals surface area contributed by atoms with Crippen LogP contribution in [0.15, 0.2) is 35.5 Å². The van der Waals surface area contributed by atoms with Gasteiger partial charge in [-0.25, -0.2) is 9.37 Å². The van der Waals surface area contributed by atoms with E-state index in [-0.39, 0.29) is 22.7 Å². The molecule has 1 aliphatic rings. The first-order chi connectivity index (χ1) is 15.9. The van der Waals surface area contributed by atoms with Gasteiger partial charge in [0.1, 0.15) is 28.6 Å². The summed E-state index contributed by atoms with van der Waals surface area (Å²) in [5.41, 5.74) is 1.39. The van der Waals surface area contributed by atoms with E-state index in [1.165, 1.54) is 32.0 Å². The number of carbonyl (C=O) groups excluding carboxylic acids is 1. The fourth-order valence-corrected chi connectivity index (χ4v) is 3.18. The van der Waals surface area contributed by atoms with Crippen molar-refractivity contribution in [3.8, 4) is 5.75 Å². The lowest BCUT2D eigenvalue weighted by Gasteiger charge is -2.41. The first-order valence-corrected chi connectivity index (χ1v) is 9.29. The molecule has 11 heteroatoms. The molecule has 1 aromatic heterocycles. The average Bonchev–Trinajstić information content (AvgIpc) is 2.70. The zero-order valence-electron chi connectivity index (χ0n) is 20.3. The molecule has 0 saturated heterocycles. The Kier molecular flexibility index (Phi) is 4.90. The van der Waals surface area contributed by atoms with Crippen molar-refractivity contribution in [1.29, 1.82) is 0 Å². The minimum absolute atomic E-state index is 0.0517. The van der Waals surface area contributed by atoms with Gasteiger partial charge in [0, 0.05) is 11.3 Å². The summed E-state index contributed by atoms with van der Waals surface area (Å²) in [7, 11) is -2.69. The van der Waals surface area contributed by atoms with E-state index in [4.69, 9.17) is 19.3 Å². The number of amides is 1. The Morgan fingerprint density at radius 3 is 2.66 bits per heavy atom. The van der Waals surface area contributed by atoms with Gasteiger partial charge in [0.25, 0.3) is 5.91 Å². The van der Waals surface area contributed by atoms with Gasteiger partial charge in [0.05, 0.1) is 24.0 Å². The number of methoxy groups -OCH3 is 1. The Hall–Kier alpha value is -3.21. The Labute approximate surface area is 185 Å². The van der Waals surface area contributed by atoms with E-state index >= 15 is 0 Å². The second-order valence-electron chi connectivity index (χ2n) is 7.68. The zero-order valence-corrected chi connectivity index (χ0v) is 17.3. The van der Waals surface area contributed by atoms with Crippen LogP contribution < -0.4 is 15.8 Å². The lowest BCUT2D eigenvalue weighted by Crippen LogP contribution is -2.60. The predicted molar refractivity (Wildman–Crippen MR) is 109 cm³/mol. The first kappa shape index (κ1) is 19.5. The van der Waals surface area contributed by atoms with Crippen LogP contribution in [0.25, 0.3) is 0 Å². The Balaban J connectivity index is 1.88. The topological polar surface area (TPSA) is 98.8 Å². The van der Waals surface area contributed by atoms with Crippen molar-refractivity contribution in [2.45, 2.75) is 38.1 Å². The lowest BCUT2D eigenvalue weighted by molar-refractivity contribution is -0.249. The van der Waals surface area contributed by atoms with Gasteiger partial charge in [-0.2, -0.15) is 13.2 Å². The highest BCUT2D eigenvalue weighted by molar-refractivity contribution is 6.04. The molecule has 0 bridgehead atoms. The van der Waals surface area contributed by atoms with Crippen molar-refractivity contribution in [2.75, 3.05) is 19.0 Å². The fraction of sp³-hybridized carbons (Fsp3) is 0.381. The number of nitrogens with one attached hydrogen (secondary N) is 1. The molecule has 2 heterocycles. The number of anilines is 1. The highest BCUT2D eigenvalue weighted by atomic mass is 19.4. The molecule has 0 aliphatic carbocycles. The monoisotopic (exact) mass is 457 g/mol. The fourth-order valence-electron chi connectivity index (χ4n) is 3.18. The van der Waals surface area contributed by atoms with E-state index in [2.05, 4.69) is 15.3 Å². The van der Waals surface area contributed by atoms with Crippen molar-refractivity contribution < 1.29 is 35.9 Å². The summed E-state index contributed by atoms with van der Waals surface area (Å²) in [5, 5.41) is 2.52. The molecule has 0 radical (unpaired) electrons. The summed E-state index contributed by atoms with van der Waals surface area (Å²) in [6.07, 6.45) is -3.76. The molecule has 2 aromatic rings. The normalized spacial score (nSPS) is 25.2. The maximum atomic E-state index is 14.7.